The molecule has 0 saturated heterocycles. The van der Waals surface area contributed by atoms with Crippen molar-refractivity contribution in [3.8, 4) is 0 Å². The van der Waals surface area contributed by atoms with E-state index in [0.717, 1.165) is 14.4 Å². The van der Waals surface area contributed by atoms with Gasteiger partial charge in [0.2, 0.25) is 0 Å². The Bertz CT molecular complexity index is 1510. The third-order valence-electron chi connectivity index (χ3n) is 7.47. The summed E-state index contributed by atoms with van der Waals surface area (Å²) in [6.45, 7) is 4.69. The van der Waals surface area contributed by atoms with Crippen molar-refractivity contribution >= 4 is 29.9 Å². The third kappa shape index (κ3) is 11.3. The first-order chi connectivity index (χ1) is 23.3. The van der Waals surface area contributed by atoms with Gasteiger partial charge in [-0.15, -0.1) is 0 Å². The molecule has 2 amide bonds. The summed E-state index contributed by atoms with van der Waals surface area (Å²) in [7, 11) is 0. The van der Waals surface area contributed by atoms with Crippen molar-refractivity contribution in [1.29, 1.82) is 0 Å². The molecule has 0 aliphatic carbocycles. The largest absolute Gasteiger partial charge is 0.480 e. The average Bonchev–Trinajstić information content (AvgIpc) is 3.05. The number of rotatable bonds is 17. The van der Waals surface area contributed by atoms with Crippen LogP contribution >= 0.6 is 0 Å². The second-order valence-electron chi connectivity index (χ2n) is 12.0. The van der Waals surface area contributed by atoms with Crippen LogP contribution in [0.2, 0.25) is 0 Å². The average molecular weight is 682 g/mol. The number of aromatic nitrogens is 2. The Morgan fingerprint density at radius 1 is 0.755 bits per heavy atom. The second-order valence-corrected chi connectivity index (χ2v) is 12.0. The normalized spacial score (nSPS) is 12.4. The fourth-order valence-corrected chi connectivity index (χ4v) is 5.09. The van der Waals surface area contributed by atoms with Crippen LogP contribution in [0, 0.1) is 11.8 Å². The Morgan fingerprint density at radius 2 is 1.18 bits per heavy atom. The molecule has 49 heavy (non-hydrogen) atoms. The van der Waals surface area contributed by atoms with Gasteiger partial charge in [-0.05, 0) is 29.0 Å². The monoisotopic (exact) mass is 681 g/mol. The standard InChI is InChI=1S/C34H43N5O10/c1-22(2)28(30(40)41)38(33(45)47-19-24-11-7-5-8-12-24)17-26(49-21-37-16-15-27(35)36-32(37)44)18-39(29(23(3)4)31(42)43)34(46)48-20-25-13-9-6-10-14-25/h5-16,22-23,26,28-29H,17-21H2,1-4H3,(H,40,41)(H,42,43)(H2,35,36,44)/t28-,29-/m0/s1. The summed E-state index contributed by atoms with van der Waals surface area (Å²) in [4.78, 5) is 70.3. The molecule has 0 bridgehead atoms. The van der Waals surface area contributed by atoms with Crippen LogP contribution in [-0.2, 0) is 43.7 Å². The minimum absolute atomic E-state index is 0.0278. The minimum Gasteiger partial charge on any atom is -0.480 e. The maximum absolute atomic E-state index is 13.6. The van der Waals surface area contributed by atoms with Gasteiger partial charge in [-0.25, -0.2) is 24.0 Å². The molecule has 0 saturated carbocycles. The van der Waals surface area contributed by atoms with Crippen molar-refractivity contribution in [2.24, 2.45) is 11.8 Å². The number of nitrogens with two attached hydrogens (primary N) is 1. The van der Waals surface area contributed by atoms with Gasteiger partial charge in [0.15, 0.2) is 0 Å². The summed E-state index contributed by atoms with van der Waals surface area (Å²) in [6.07, 6.45) is -1.91. The number of hydrogen-bond donors (Lipinski definition) is 3. The number of nitrogens with zero attached hydrogens (tertiary/aromatic N) is 4. The van der Waals surface area contributed by atoms with Crippen LogP contribution in [0.3, 0.4) is 0 Å². The number of aliphatic carboxylic acids is 2. The molecular weight excluding hydrogens is 638 g/mol. The van der Waals surface area contributed by atoms with Crippen LogP contribution in [0.25, 0.3) is 0 Å². The Hall–Kier alpha value is -5.44. The van der Waals surface area contributed by atoms with Crippen molar-refractivity contribution in [3.05, 3.63) is 94.5 Å². The van der Waals surface area contributed by atoms with Gasteiger partial charge in [0.25, 0.3) is 0 Å². The quantitative estimate of drug-likeness (QED) is 0.187. The number of carbonyl (C=O) groups is 4. The number of nitrogen functional groups attached to an aromatic ring is 1. The van der Waals surface area contributed by atoms with Gasteiger partial charge in [0.05, 0.1) is 19.2 Å². The first kappa shape index (κ1) is 38.0. The van der Waals surface area contributed by atoms with E-state index in [9.17, 15) is 34.2 Å². The van der Waals surface area contributed by atoms with Crippen LogP contribution < -0.4 is 11.4 Å². The van der Waals surface area contributed by atoms with E-state index in [2.05, 4.69) is 4.98 Å². The molecule has 0 radical (unpaired) electrons. The summed E-state index contributed by atoms with van der Waals surface area (Å²) in [5.41, 5.74) is 6.17. The zero-order chi connectivity index (χ0) is 36.1. The highest BCUT2D eigenvalue weighted by molar-refractivity contribution is 5.81. The molecule has 3 rings (SSSR count). The van der Waals surface area contributed by atoms with Crippen molar-refractivity contribution in [3.63, 3.8) is 0 Å². The van der Waals surface area contributed by atoms with Gasteiger partial charge < -0.3 is 30.2 Å². The lowest BCUT2D eigenvalue weighted by Crippen LogP contribution is -2.56. The van der Waals surface area contributed by atoms with Gasteiger partial charge in [-0.2, -0.15) is 4.98 Å². The zero-order valence-electron chi connectivity index (χ0n) is 27.9. The Morgan fingerprint density at radius 3 is 1.55 bits per heavy atom. The molecule has 0 aliphatic rings. The Labute approximate surface area is 283 Å². The highest BCUT2D eigenvalue weighted by Gasteiger charge is 2.39. The van der Waals surface area contributed by atoms with Crippen LogP contribution in [0.15, 0.2) is 77.7 Å². The molecule has 2 atom stereocenters. The molecule has 3 aromatic rings. The van der Waals surface area contributed by atoms with E-state index in [1.165, 1.54) is 12.3 Å². The van der Waals surface area contributed by atoms with Crippen LogP contribution in [0.5, 0.6) is 0 Å². The molecule has 264 valence electrons. The molecule has 0 spiro atoms. The molecule has 2 aromatic carbocycles. The van der Waals surface area contributed by atoms with Gasteiger partial charge in [-0.3, -0.25) is 14.4 Å². The number of carbonyl (C=O) groups excluding carboxylic acids is 2. The molecule has 15 nitrogen and oxygen atoms in total. The highest BCUT2D eigenvalue weighted by Crippen LogP contribution is 2.20. The van der Waals surface area contributed by atoms with Crippen molar-refractivity contribution in [1.82, 2.24) is 19.4 Å². The fraction of sp³-hybridized carbons (Fsp3) is 0.412. The summed E-state index contributed by atoms with van der Waals surface area (Å²) >= 11 is 0. The third-order valence-corrected chi connectivity index (χ3v) is 7.47. The molecular formula is C34H43N5O10. The SMILES string of the molecule is CC(C)[C@@H](C(=O)O)N(CC(CN(C(=O)OCc1ccccc1)[C@H](C(=O)O)C(C)C)OCn1ccc(N)nc1=O)C(=O)OCc1ccccc1. The molecule has 1 aromatic heterocycles. The van der Waals surface area contributed by atoms with E-state index >= 15 is 0 Å². The molecule has 0 aliphatic heterocycles. The van der Waals surface area contributed by atoms with Gasteiger partial charge in [0, 0.05) is 6.20 Å². The maximum atomic E-state index is 13.6. The lowest BCUT2D eigenvalue weighted by molar-refractivity contribution is -0.146. The summed E-state index contributed by atoms with van der Waals surface area (Å²) in [6, 6.07) is 16.1. The highest BCUT2D eigenvalue weighted by atomic mass is 16.6. The maximum Gasteiger partial charge on any atom is 0.410 e. The molecule has 15 heteroatoms. The van der Waals surface area contributed by atoms with Crippen molar-refractivity contribution < 1.29 is 43.6 Å². The summed E-state index contributed by atoms with van der Waals surface area (Å²) < 4.78 is 18.2. The Kier molecular flexibility index (Phi) is 14.1. The van der Waals surface area contributed by atoms with Crippen LogP contribution in [0.1, 0.15) is 38.8 Å². The van der Waals surface area contributed by atoms with E-state index in [0.29, 0.717) is 11.1 Å². The zero-order valence-corrected chi connectivity index (χ0v) is 27.9. The minimum atomic E-state index is -1.41. The number of anilines is 1. The summed E-state index contributed by atoms with van der Waals surface area (Å²) in [5.74, 6) is -3.90. The van der Waals surface area contributed by atoms with E-state index < -0.39 is 79.7 Å². The second kappa shape index (κ2) is 18.2. The molecule has 0 unspecified atom stereocenters. The van der Waals surface area contributed by atoms with Crippen molar-refractivity contribution in [2.45, 2.75) is 65.8 Å². The molecule has 0 fully saturated rings. The topological polar surface area (TPSA) is 204 Å². The number of carboxylic acid groups (broad SMARTS) is 2. The number of benzene rings is 2. The number of hydrogen-bond acceptors (Lipinski definition) is 10. The van der Waals surface area contributed by atoms with E-state index in [1.807, 2.05) is 0 Å². The van der Waals surface area contributed by atoms with Crippen molar-refractivity contribution in [2.75, 3.05) is 18.8 Å². The smallest absolute Gasteiger partial charge is 0.410 e. The molecule has 1 heterocycles. The van der Waals surface area contributed by atoms with E-state index in [1.54, 1.807) is 88.4 Å². The lowest BCUT2D eigenvalue weighted by atomic mass is 10.0. The number of amides is 2. The van der Waals surface area contributed by atoms with Gasteiger partial charge in [-0.1, -0.05) is 88.4 Å². The number of carboxylic acids is 2. The van der Waals surface area contributed by atoms with Gasteiger partial charge in [0.1, 0.15) is 37.8 Å². The van der Waals surface area contributed by atoms with E-state index in [4.69, 9.17) is 19.9 Å². The fourth-order valence-electron chi connectivity index (χ4n) is 5.09. The lowest BCUT2D eigenvalue weighted by Gasteiger charge is -2.37. The van der Waals surface area contributed by atoms with Crippen LogP contribution in [-0.4, -0.2) is 85.0 Å². The van der Waals surface area contributed by atoms with Gasteiger partial charge >= 0.3 is 29.8 Å². The predicted molar refractivity (Wildman–Crippen MR) is 177 cm³/mol. The van der Waals surface area contributed by atoms with Crippen LogP contribution in [0.4, 0.5) is 15.4 Å². The van der Waals surface area contributed by atoms with E-state index in [-0.39, 0.29) is 19.0 Å². The number of ether oxygens (including phenoxy) is 3. The predicted octanol–water partition coefficient (Wildman–Crippen LogP) is 3.66. The molecule has 4 N–H and O–H groups in total. The first-order valence-electron chi connectivity index (χ1n) is 15.6. The Balaban J connectivity index is 2.01. The summed E-state index contributed by atoms with van der Waals surface area (Å²) in [5, 5.41) is 20.4. The first-order valence-corrected chi connectivity index (χ1v) is 15.6.